The van der Waals surface area contributed by atoms with Crippen molar-refractivity contribution in [1.29, 1.82) is 0 Å². The van der Waals surface area contributed by atoms with Crippen molar-refractivity contribution in [3.63, 3.8) is 0 Å². The molecule has 152 valence electrons. The van der Waals surface area contributed by atoms with Crippen molar-refractivity contribution in [2.75, 3.05) is 19.8 Å². The topological polar surface area (TPSA) is 62.7 Å². The number of hydrogen-bond donors (Lipinski definition) is 1. The van der Waals surface area contributed by atoms with Crippen molar-refractivity contribution >= 4 is 17.2 Å². The summed E-state index contributed by atoms with van der Waals surface area (Å²) in [5.74, 6) is -0.529. The lowest BCUT2D eigenvalue weighted by Gasteiger charge is -2.45. The number of aliphatic hydroxyl groups is 1. The monoisotopic (exact) mass is 406 g/mol. The molecule has 2 heterocycles. The predicted octanol–water partition coefficient (Wildman–Crippen LogP) is 4.04. The van der Waals surface area contributed by atoms with Crippen LogP contribution in [-0.4, -0.2) is 52.3 Å². The van der Waals surface area contributed by atoms with Gasteiger partial charge in [0, 0.05) is 6.61 Å². The Labute approximate surface area is 169 Å². The summed E-state index contributed by atoms with van der Waals surface area (Å²) in [6.45, 7) is 6.79. The molecule has 1 saturated heterocycles. The fraction of sp³-hybridized carbons (Fsp3) is 0.524. The zero-order valence-corrected chi connectivity index (χ0v) is 17.4. The van der Waals surface area contributed by atoms with Crippen LogP contribution < -0.4 is 0 Å². The molecule has 3 rings (SSSR count). The number of piperidine rings is 1. The normalized spacial score (nSPS) is 22.5. The summed E-state index contributed by atoms with van der Waals surface area (Å²) < 4.78 is 19.3. The van der Waals surface area contributed by atoms with E-state index in [1.54, 1.807) is 17.0 Å². The summed E-state index contributed by atoms with van der Waals surface area (Å²) in [5, 5.41) is 10.6. The Hall–Kier alpha value is -1.83. The Kier molecular flexibility index (Phi) is 6.47. The first-order valence-corrected chi connectivity index (χ1v) is 10.5. The van der Waals surface area contributed by atoms with Gasteiger partial charge in [0.15, 0.2) is 0 Å². The second-order valence-corrected chi connectivity index (χ2v) is 8.40. The van der Waals surface area contributed by atoms with E-state index >= 15 is 0 Å². The van der Waals surface area contributed by atoms with Crippen LogP contribution in [0.15, 0.2) is 24.3 Å². The number of benzene rings is 1. The predicted molar refractivity (Wildman–Crippen MR) is 108 cm³/mol. The highest BCUT2D eigenvalue weighted by molar-refractivity contribution is 7.15. The minimum absolute atomic E-state index is 0.0906. The molecule has 28 heavy (non-hydrogen) atoms. The number of hydrogen-bond acceptors (Lipinski definition) is 5. The minimum Gasteiger partial charge on any atom is -0.394 e. The first-order chi connectivity index (χ1) is 13.4. The average molecular weight is 407 g/mol. The van der Waals surface area contributed by atoms with Gasteiger partial charge in [0.05, 0.1) is 34.7 Å². The van der Waals surface area contributed by atoms with Gasteiger partial charge < -0.3 is 14.7 Å². The van der Waals surface area contributed by atoms with E-state index in [1.165, 1.54) is 23.5 Å². The largest absolute Gasteiger partial charge is 0.394 e. The molecule has 1 N–H and O–H groups in total. The maximum Gasteiger partial charge on any atom is 0.274 e. The van der Waals surface area contributed by atoms with E-state index in [0.29, 0.717) is 25.3 Å². The Morgan fingerprint density at radius 3 is 2.71 bits per heavy atom. The van der Waals surface area contributed by atoms with Crippen LogP contribution in [0.5, 0.6) is 0 Å². The third-order valence-electron chi connectivity index (χ3n) is 5.44. The highest BCUT2D eigenvalue weighted by Crippen LogP contribution is 2.35. The molecular weight excluding hydrogens is 379 g/mol. The molecule has 0 spiro atoms. The molecule has 1 aliphatic heterocycles. The van der Waals surface area contributed by atoms with Crippen molar-refractivity contribution in [2.45, 2.75) is 51.7 Å². The standard InChI is InChI=1S/C21H27FN2O3S/c1-4-21(27-5-2)11-10-17(12-25)24(13-21)20(26)18-19(28-14(3)23-18)15-6-8-16(22)9-7-15/h6-9,17,25H,4-5,10-13H2,1-3H3. The number of carbonyl (C=O) groups is 1. The van der Waals surface area contributed by atoms with E-state index in [4.69, 9.17) is 4.74 Å². The Morgan fingerprint density at radius 1 is 1.39 bits per heavy atom. The first kappa shape index (κ1) is 20.9. The maximum atomic E-state index is 13.5. The van der Waals surface area contributed by atoms with Crippen molar-refractivity contribution in [3.05, 3.63) is 40.8 Å². The lowest BCUT2D eigenvalue weighted by molar-refractivity contribution is -0.0973. The second kappa shape index (κ2) is 8.68. The molecule has 1 aromatic heterocycles. The van der Waals surface area contributed by atoms with Gasteiger partial charge in [-0.2, -0.15) is 0 Å². The zero-order valence-electron chi connectivity index (χ0n) is 16.6. The molecule has 5 nitrogen and oxygen atoms in total. The van der Waals surface area contributed by atoms with E-state index in [1.807, 2.05) is 13.8 Å². The van der Waals surface area contributed by atoms with Gasteiger partial charge in [0.2, 0.25) is 0 Å². The smallest absolute Gasteiger partial charge is 0.274 e. The molecule has 1 aliphatic rings. The third kappa shape index (κ3) is 4.11. The number of aryl methyl sites for hydroxylation is 1. The SMILES string of the molecule is CCOC1(CC)CCC(CO)N(C(=O)c2nc(C)sc2-c2ccc(F)cc2)C1. The fourth-order valence-electron chi connectivity index (χ4n) is 3.85. The van der Waals surface area contributed by atoms with Crippen LogP contribution in [0.2, 0.25) is 0 Å². The van der Waals surface area contributed by atoms with Gasteiger partial charge >= 0.3 is 0 Å². The maximum absolute atomic E-state index is 13.5. The van der Waals surface area contributed by atoms with Gasteiger partial charge in [-0.3, -0.25) is 4.79 Å². The van der Waals surface area contributed by atoms with Crippen LogP contribution in [0.3, 0.4) is 0 Å². The molecule has 0 bridgehead atoms. The number of ether oxygens (including phenoxy) is 1. The summed E-state index contributed by atoms with van der Waals surface area (Å²) in [5.41, 5.74) is 0.729. The number of halogens is 1. The number of thiazole rings is 1. The summed E-state index contributed by atoms with van der Waals surface area (Å²) >= 11 is 1.42. The van der Waals surface area contributed by atoms with Gasteiger partial charge in [-0.05, 0) is 50.8 Å². The quantitative estimate of drug-likeness (QED) is 0.786. The van der Waals surface area contributed by atoms with Crippen molar-refractivity contribution in [3.8, 4) is 10.4 Å². The first-order valence-electron chi connectivity index (χ1n) is 9.72. The van der Waals surface area contributed by atoms with E-state index in [9.17, 15) is 14.3 Å². The second-order valence-electron chi connectivity index (χ2n) is 7.20. The van der Waals surface area contributed by atoms with E-state index < -0.39 is 5.60 Å². The van der Waals surface area contributed by atoms with Crippen LogP contribution >= 0.6 is 11.3 Å². The number of amides is 1. The number of nitrogens with zero attached hydrogens (tertiary/aromatic N) is 2. The van der Waals surface area contributed by atoms with Gasteiger partial charge in [-0.1, -0.05) is 19.1 Å². The van der Waals surface area contributed by atoms with Crippen molar-refractivity contribution < 1.29 is 19.0 Å². The third-order valence-corrected chi connectivity index (χ3v) is 6.46. The van der Waals surface area contributed by atoms with Gasteiger partial charge in [-0.25, -0.2) is 9.37 Å². The molecule has 2 atom stereocenters. The summed E-state index contributed by atoms with van der Waals surface area (Å²) in [6, 6.07) is 5.83. The van der Waals surface area contributed by atoms with Crippen molar-refractivity contribution in [2.24, 2.45) is 0 Å². The lowest BCUT2D eigenvalue weighted by atomic mass is 9.86. The molecule has 2 aromatic rings. The number of aromatic nitrogens is 1. The Bertz CT molecular complexity index is 824. The highest BCUT2D eigenvalue weighted by atomic mass is 32.1. The molecule has 1 aromatic carbocycles. The van der Waals surface area contributed by atoms with E-state index in [-0.39, 0.29) is 24.4 Å². The Morgan fingerprint density at radius 2 is 2.11 bits per heavy atom. The number of likely N-dealkylation sites (tertiary alicyclic amines) is 1. The summed E-state index contributed by atoms with van der Waals surface area (Å²) in [4.78, 5) is 20.4. The van der Waals surface area contributed by atoms with Crippen molar-refractivity contribution in [1.82, 2.24) is 9.88 Å². The molecule has 0 saturated carbocycles. The van der Waals surface area contributed by atoms with Gasteiger partial charge in [0.1, 0.15) is 11.5 Å². The van der Waals surface area contributed by atoms with Crippen LogP contribution in [0.25, 0.3) is 10.4 Å². The Balaban J connectivity index is 1.96. The molecular formula is C21H27FN2O3S. The molecule has 2 unspecified atom stereocenters. The number of rotatable bonds is 6. The highest BCUT2D eigenvalue weighted by Gasteiger charge is 2.42. The van der Waals surface area contributed by atoms with E-state index in [0.717, 1.165) is 28.3 Å². The van der Waals surface area contributed by atoms with Crippen LogP contribution in [-0.2, 0) is 4.74 Å². The molecule has 1 amide bonds. The van der Waals surface area contributed by atoms with Crippen LogP contribution in [0, 0.1) is 12.7 Å². The zero-order chi connectivity index (χ0) is 20.3. The van der Waals surface area contributed by atoms with Gasteiger partial charge in [0.25, 0.3) is 5.91 Å². The number of carbonyl (C=O) groups excluding carboxylic acids is 1. The molecule has 0 aliphatic carbocycles. The lowest BCUT2D eigenvalue weighted by Crippen LogP contribution is -2.57. The van der Waals surface area contributed by atoms with E-state index in [2.05, 4.69) is 11.9 Å². The summed E-state index contributed by atoms with van der Waals surface area (Å²) in [6.07, 6.45) is 2.29. The summed E-state index contributed by atoms with van der Waals surface area (Å²) in [7, 11) is 0. The molecule has 1 fully saturated rings. The average Bonchev–Trinajstić information content (AvgIpc) is 3.09. The minimum atomic E-state index is -0.392. The van der Waals surface area contributed by atoms with Crippen LogP contribution in [0.4, 0.5) is 4.39 Å². The number of aliphatic hydroxyl groups excluding tert-OH is 1. The molecule has 0 radical (unpaired) electrons. The van der Waals surface area contributed by atoms with Crippen LogP contribution in [0.1, 0.15) is 48.6 Å². The fourth-order valence-corrected chi connectivity index (χ4v) is 4.77. The van der Waals surface area contributed by atoms with Gasteiger partial charge in [-0.15, -0.1) is 11.3 Å². The molecule has 7 heteroatoms.